The van der Waals surface area contributed by atoms with E-state index in [4.69, 9.17) is 32.7 Å². The monoisotopic (exact) mass is 621 g/mol. The van der Waals surface area contributed by atoms with Gasteiger partial charge in [0.05, 0.1) is 11.1 Å². The third kappa shape index (κ3) is 7.71. The minimum atomic E-state index is -0.235. The van der Waals surface area contributed by atoms with E-state index in [1.807, 2.05) is 74.5 Å². The molecule has 2 aliphatic rings. The molecule has 2 N–H and O–H groups in total. The van der Waals surface area contributed by atoms with E-state index >= 15 is 0 Å². The zero-order valence-electron chi connectivity index (χ0n) is 24.5. The fourth-order valence-corrected chi connectivity index (χ4v) is 6.21. The number of rotatable bonds is 12. The summed E-state index contributed by atoms with van der Waals surface area (Å²) in [5.74, 6) is 1.25. The lowest BCUT2D eigenvalue weighted by Gasteiger charge is -2.43. The predicted molar refractivity (Wildman–Crippen MR) is 171 cm³/mol. The van der Waals surface area contributed by atoms with Gasteiger partial charge in [0, 0.05) is 36.3 Å². The van der Waals surface area contributed by atoms with Crippen LogP contribution in [0.25, 0.3) is 5.57 Å². The van der Waals surface area contributed by atoms with Crippen LogP contribution in [0.5, 0.6) is 11.5 Å². The zero-order valence-corrected chi connectivity index (χ0v) is 26.0. The number of hydrogen-bond acceptors (Lipinski definition) is 5. The summed E-state index contributed by atoms with van der Waals surface area (Å²) in [6.45, 7) is 6.36. The molecule has 1 saturated heterocycles. The van der Waals surface area contributed by atoms with Crippen LogP contribution in [0.4, 0.5) is 0 Å². The van der Waals surface area contributed by atoms with Crippen molar-refractivity contribution < 1.29 is 19.1 Å². The first kappa shape index (κ1) is 30.9. The van der Waals surface area contributed by atoms with E-state index in [1.54, 1.807) is 4.90 Å². The number of fused-ring (bicyclic) bond motifs is 2. The Hall–Kier alpha value is -3.52. The van der Waals surface area contributed by atoms with Gasteiger partial charge in [0.2, 0.25) is 12.3 Å². The van der Waals surface area contributed by atoms with Gasteiger partial charge in [-0.15, -0.1) is 0 Å². The normalized spacial score (nSPS) is 17.9. The van der Waals surface area contributed by atoms with E-state index < -0.39 is 0 Å². The highest BCUT2D eigenvalue weighted by atomic mass is 35.5. The molecular weight excluding hydrogens is 585 g/mol. The Morgan fingerprint density at radius 2 is 1.74 bits per heavy atom. The smallest absolute Gasteiger partial charge is 0.249 e. The van der Waals surface area contributed by atoms with Crippen molar-refractivity contribution in [2.24, 2.45) is 0 Å². The molecule has 0 spiro atoms. The minimum absolute atomic E-state index is 0.0843. The van der Waals surface area contributed by atoms with Crippen molar-refractivity contribution in [2.45, 2.75) is 45.2 Å². The number of benzene rings is 3. The van der Waals surface area contributed by atoms with E-state index in [1.165, 1.54) is 0 Å². The van der Waals surface area contributed by atoms with E-state index in [0.29, 0.717) is 61.4 Å². The van der Waals surface area contributed by atoms with Crippen LogP contribution < -0.4 is 20.1 Å². The summed E-state index contributed by atoms with van der Waals surface area (Å²) in [4.78, 5) is 26.9. The summed E-state index contributed by atoms with van der Waals surface area (Å²) < 4.78 is 11.8. The molecule has 7 nitrogen and oxygen atoms in total. The summed E-state index contributed by atoms with van der Waals surface area (Å²) in [5.41, 5.74) is 5.97. The highest BCUT2D eigenvalue weighted by Crippen LogP contribution is 2.34. The number of carbonyl (C=O) groups is 2. The van der Waals surface area contributed by atoms with Gasteiger partial charge in [0.25, 0.3) is 0 Å². The Balaban J connectivity index is 1.24. The predicted octanol–water partition coefficient (Wildman–Crippen LogP) is 5.77. The molecule has 9 heteroatoms. The maximum atomic E-state index is 13.6. The minimum Gasteiger partial charge on any atom is -0.490 e. The van der Waals surface area contributed by atoms with Crippen LogP contribution in [-0.2, 0) is 16.0 Å². The van der Waals surface area contributed by atoms with Crippen molar-refractivity contribution in [1.82, 2.24) is 15.5 Å². The maximum absolute atomic E-state index is 13.6. The van der Waals surface area contributed by atoms with Crippen molar-refractivity contribution in [2.75, 3.05) is 32.8 Å². The van der Waals surface area contributed by atoms with E-state index in [0.717, 1.165) is 52.1 Å². The largest absolute Gasteiger partial charge is 0.490 e. The Labute approximate surface area is 263 Å². The SMILES string of the molecule is Cc1cc(Cl)c(OCCOc2ccc(C3=C(C(=O)NCCCc4ccccc4Cl)[C@H]4CN(C=O)C[C@@H](C3)N4)cc2)cc1C. The highest BCUT2D eigenvalue weighted by Gasteiger charge is 2.38. The van der Waals surface area contributed by atoms with Crippen molar-refractivity contribution in [3.05, 3.63) is 98.5 Å². The van der Waals surface area contributed by atoms with Gasteiger partial charge < -0.3 is 25.0 Å². The molecule has 0 saturated carbocycles. The van der Waals surface area contributed by atoms with E-state index in [-0.39, 0.29) is 18.0 Å². The van der Waals surface area contributed by atoms with E-state index in [2.05, 4.69) is 10.6 Å². The van der Waals surface area contributed by atoms with Crippen LogP contribution in [0, 0.1) is 13.8 Å². The number of amides is 2. The average Bonchev–Trinajstić information content (AvgIpc) is 3.00. The first-order chi connectivity index (χ1) is 20.8. The Kier molecular flexibility index (Phi) is 10.3. The lowest BCUT2D eigenvalue weighted by atomic mass is 9.83. The molecule has 2 atom stereocenters. The number of piperazine rings is 1. The number of carbonyl (C=O) groups excluding carboxylic acids is 2. The zero-order chi connectivity index (χ0) is 30.3. The summed E-state index contributed by atoms with van der Waals surface area (Å²) >= 11 is 12.6. The van der Waals surface area contributed by atoms with Crippen molar-refractivity contribution in [3.8, 4) is 11.5 Å². The standard InChI is InChI=1S/C34H37Cl2N3O4/c1-22-16-30(36)32(17-23(22)2)43-15-14-42-27-11-9-24(10-12-27)28-18-26-19-39(21-40)20-31(38-26)33(28)34(41)37-13-5-7-25-6-3-4-8-29(25)35/h3-4,6,8-12,16-17,21,26,31,38H,5,7,13-15,18-20H2,1-2H3,(H,37,41)/t26-,31-/m1/s1. The maximum Gasteiger partial charge on any atom is 0.249 e. The number of hydrogen-bond donors (Lipinski definition) is 2. The van der Waals surface area contributed by atoms with Gasteiger partial charge in [-0.1, -0.05) is 53.5 Å². The molecule has 2 bridgehead atoms. The van der Waals surface area contributed by atoms with Crippen LogP contribution >= 0.6 is 23.2 Å². The quantitative estimate of drug-likeness (QED) is 0.198. The van der Waals surface area contributed by atoms with E-state index in [9.17, 15) is 9.59 Å². The van der Waals surface area contributed by atoms with Crippen molar-refractivity contribution >= 4 is 41.1 Å². The Morgan fingerprint density at radius 3 is 2.51 bits per heavy atom. The molecule has 1 fully saturated rings. The van der Waals surface area contributed by atoms with Crippen LogP contribution in [0.15, 0.2) is 66.2 Å². The molecule has 2 aliphatic heterocycles. The molecule has 0 aliphatic carbocycles. The Bertz CT molecular complexity index is 1490. The second-order valence-electron chi connectivity index (χ2n) is 11.1. The molecule has 226 valence electrons. The second kappa shape index (κ2) is 14.3. The summed E-state index contributed by atoms with van der Waals surface area (Å²) in [6.07, 6.45) is 3.06. The molecule has 2 amide bonds. The first-order valence-corrected chi connectivity index (χ1v) is 15.4. The lowest BCUT2D eigenvalue weighted by molar-refractivity contribution is -0.121. The summed E-state index contributed by atoms with van der Waals surface area (Å²) in [6, 6.07) is 19.3. The number of nitrogens with one attached hydrogen (secondary N) is 2. The van der Waals surface area contributed by atoms with Gasteiger partial charge >= 0.3 is 0 Å². The lowest BCUT2D eigenvalue weighted by Crippen LogP contribution is -2.60. The van der Waals surface area contributed by atoms with Crippen LogP contribution in [0.3, 0.4) is 0 Å². The average molecular weight is 623 g/mol. The van der Waals surface area contributed by atoms with Gasteiger partial charge in [-0.25, -0.2) is 0 Å². The number of halogens is 2. The fraction of sp³-hybridized carbons (Fsp3) is 0.353. The molecule has 3 aromatic carbocycles. The molecule has 5 rings (SSSR count). The van der Waals surface area contributed by atoms with Crippen LogP contribution in [-0.4, -0.2) is 62.1 Å². The Morgan fingerprint density at radius 1 is 1.00 bits per heavy atom. The summed E-state index contributed by atoms with van der Waals surface area (Å²) in [7, 11) is 0. The molecular formula is C34H37Cl2N3O4. The fourth-order valence-electron chi connectivity index (χ4n) is 5.71. The number of nitrogens with zero attached hydrogens (tertiary/aromatic N) is 1. The van der Waals surface area contributed by atoms with Gasteiger partial charge in [-0.2, -0.15) is 0 Å². The van der Waals surface area contributed by atoms with Gasteiger partial charge in [-0.3, -0.25) is 9.59 Å². The first-order valence-electron chi connectivity index (χ1n) is 14.6. The molecule has 43 heavy (non-hydrogen) atoms. The van der Waals surface area contributed by atoms with Crippen molar-refractivity contribution in [3.63, 3.8) is 0 Å². The third-order valence-electron chi connectivity index (χ3n) is 8.05. The second-order valence-corrected chi connectivity index (χ2v) is 11.9. The molecule has 3 aromatic rings. The van der Waals surface area contributed by atoms with Gasteiger partial charge in [-0.05, 0) is 91.3 Å². The molecule has 0 aromatic heterocycles. The molecule has 0 radical (unpaired) electrons. The van der Waals surface area contributed by atoms with Crippen LogP contribution in [0.1, 0.15) is 35.1 Å². The highest BCUT2D eigenvalue weighted by molar-refractivity contribution is 6.32. The summed E-state index contributed by atoms with van der Waals surface area (Å²) in [5, 5.41) is 8.00. The third-order valence-corrected chi connectivity index (χ3v) is 8.72. The number of ether oxygens (including phenoxy) is 2. The van der Waals surface area contributed by atoms with Gasteiger partial charge in [0.1, 0.15) is 24.7 Å². The van der Waals surface area contributed by atoms with Crippen molar-refractivity contribution in [1.29, 1.82) is 0 Å². The molecule has 0 unspecified atom stereocenters. The molecule has 2 heterocycles. The van der Waals surface area contributed by atoms with Gasteiger partial charge in [0.15, 0.2) is 0 Å². The van der Waals surface area contributed by atoms with Crippen LogP contribution in [0.2, 0.25) is 10.0 Å². The topological polar surface area (TPSA) is 79.9 Å². The number of aryl methyl sites for hydroxylation is 3.